The quantitative estimate of drug-likeness (QED) is 0.271. The number of aliphatic hydroxyl groups excluding tert-OH is 3. The Labute approximate surface area is 161 Å². The number of amides is 1. The van der Waals surface area contributed by atoms with Gasteiger partial charge in [-0.1, -0.05) is 96.8 Å². The Morgan fingerprint density at radius 3 is 1.23 bits per heavy atom. The first kappa shape index (κ1) is 27.6. The van der Waals surface area contributed by atoms with Crippen LogP contribution in [0.15, 0.2) is 0 Å². The molecule has 0 heterocycles. The van der Waals surface area contributed by atoms with Gasteiger partial charge in [0.2, 0.25) is 5.91 Å². The summed E-state index contributed by atoms with van der Waals surface area (Å²) in [5.74, 6) is -0.153. The first-order valence-electron chi connectivity index (χ1n) is 10.8. The molecule has 0 fully saturated rings. The second kappa shape index (κ2) is 24.4. The molecule has 0 saturated heterocycles. The highest BCUT2D eigenvalue weighted by atomic mass is 16.3. The molecule has 0 atom stereocenters. The van der Waals surface area contributed by atoms with Crippen molar-refractivity contribution >= 4 is 5.91 Å². The fraction of sp³-hybridized carbons (Fsp3) is 0.952. The van der Waals surface area contributed by atoms with Crippen molar-refractivity contribution in [2.45, 2.75) is 116 Å². The minimum Gasteiger partial charge on any atom is -0.394 e. The van der Waals surface area contributed by atoms with Crippen LogP contribution in [0.4, 0.5) is 0 Å². The molecular formula is C21H45NO4. The van der Waals surface area contributed by atoms with E-state index in [0.29, 0.717) is 6.42 Å². The zero-order valence-corrected chi connectivity index (χ0v) is 17.1. The first-order valence-corrected chi connectivity index (χ1v) is 10.8. The van der Waals surface area contributed by atoms with Crippen LogP contribution in [0.1, 0.15) is 110 Å². The number of aliphatic hydroxyl groups is 3. The van der Waals surface area contributed by atoms with Gasteiger partial charge in [0, 0.05) is 6.42 Å². The summed E-state index contributed by atoms with van der Waals surface area (Å²) in [5.41, 5.74) is 5.11. The molecule has 0 aliphatic rings. The summed E-state index contributed by atoms with van der Waals surface area (Å²) in [5, 5.41) is 24.0. The average Bonchev–Trinajstić information content (AvgIpc) is 2.64. The van der Waals surface area contributed by atoms with Crippen molar-refractivity contribution in [1.29, 1.82) is 0 Å². The predicted octanol–water partition coefficient (Wildman–Crippen LogP) is 4.07. The molecule has 5 heteroatoms. The Bertz CT molecular complexity index is 271. The van der Waals surface area contributed by atoms with Crippen LogP contribution in [-0.2, 0) is 4.79 Å². The normalized spacial score (nSPS) is 10.7. The van der Waals surface area contributed by atoms with Crippen LogP contribution < -0.4 is 5.73 Å². The van der Waals surface area contributed by atoms with Crippen molar-refractivity contribution in [3.8, 4) is 0 Å². The molecule has 0 aromatic carbocycles. The van der Waals surface area contributed by atoms with Crippen molar-refractivity contribution in [2.24, 2.45) is 5.73 Å². The van der Waals surface area contributed by atoms with Crippen LogP contribution in [0.2, 0.25) is 0 Å². The van der Waals surface area contributed by atoms with Crippen LogP contribution in [-0.4, -0.2) is 40.5 Å². The molecular weight excluding hydrogens is 330 g/mol. The van der Waals surface area contributed by atoms with Crippen LogP contribution in [0.3, 0.4) is 0 Å². The highest BCUT2D eigenvalue weighted by molar-refractivity contribution is 5.73. The van der Waals surface area contributed by atoms with E-state index in [1.807, 2.05) is 0 Å². The van der Waals surface area contributed by atoms with E-state index in [0.717, 1.165) is 6.42 Å². The number of hydrogen-bond acceptors (Lipinski definition) is 4. The summed E-state index contributed by atoms with van der Waals surface area (Å²) in [4.78, 5) is 10.6. The monoisotopic (exact) mass is 375 g/mol. The fourth-order valence-electron chi connectivity index (χ4n) is 2.73. The number of rotatable bonds is 18. The Hall–Kier alpha value is -0.650. The number of unbranched alkanes of at least 4 members (excludes halogenated alkanes) is 14. The summed E-state index contributed by atoms with van der Waals surface area (Å²) in [6.07, 6.45) is 19.9. The molecule has 26 heavy (non-hydrogen) atoms. The molecule has 0 aromatic rings. The minimum atomic E-state index is -0.954. The lowest BCUT2D eigenvalue weighted by Crippen LogP contribution is -2.15. The summed E-state index contributed by atoms with van der Waals surface area (Å²) < 4.78 is 0. The van der Waals surface area contributed by atoms with E-state index in [2.05, 4.69) is 6.92 Å². The van der Waals surface area contributed by atoms with E-state index < -0.39 is 6.10 Å². The smallest absolute Gasteiger partial charge is 0.217 e. The van der Waals surface area contributed by atoms with E-state index in [1.54, 1.807) is 0 Å². The maximum absolute atomic E-state index is 10.6. The second-order valence-electron chi connectivity index (χ2n) is 7.19. The molecule has 0 rings (SSSR count). The summed E-state index contributed by atoms with van der Waals surface area (Å²) >= 11 is 0. The molecule has 0 saturated carbocycles. The third-order valence-electron chi connectivity index (χ3n) is 4.45. The summed E-state index contributed by atoms with van der Waals surface area (Å²) in [6, 6.07) is 0. The second-order valence-corrected chi connectivity index (χ2v) is 7.19. The Kier molecular flexibility index (Phi) is 25.8. The zero-order valence-electron chi connectivity index (χ0n) is 17.1. The van der Waals surface area contributed by atoms with Gasteiger partial charge in [-0.15, -0.1) is 0 Å². The lowest BCUT2D eigenvalue weighted by molar-refractivity contribution is -0.118. The number of carbonyl (C=O) groups excluding carboxylic acids is 1. The molecule has 0 aromatic heterocycles. The van der Waals surface area contributed by atoms with Gasteiger partial charge in [-0.25, -0.2) is 0 Å². The van der Waals surface area contributed by atoms with E-state index in [1.165, 1.54) is 89.9 Å². The number of primary amides is 1. The molecule has 0 unspecified atom stereocenters. The van der Waals surface area contributed by atoms with Gasteiger partial charge < -0.3 is 21.1 Å². The topological polar surface area (TPSA) is 104 Å². The molecule has 0 radical (unpaired) electrons. The van der Waals surface area contributed by atoms with Gasteiger partial charge >= 0.3 is 0 Å². The largest absolute Gasteiger partial charge is 0.394 e. The SMILES string of the molecule is CCCCCCCCCCCCCCCCCC(N)=O.OCC(O)CO. The number of carbonyl (C=O) groups is 1. The molecule has 158 valence electrons. The maximum atomic E-state index is 10.6. The van der Waals surface area contributed by atoms with Crippen molar-refractivity contribution in [1.82, 2.24) is 0 Å². The summed E-state index contributed by atoms with van der Waals surface area (Å²) in [6.45, 7) is 1.55. The van der Waals surface area contributed by atoms with Gasteiger partial charge in [0.15, 0.2) is 0 Å². The van der Waals surface area contributed by atoms with Crippen LogP contribution in [0.5, 0.6) is 0 Å². The van der Waals surface area contributed by atoms with Crippen LogP contribution >= 0.6 is 0 Å². The third-order valence-corrected chi connectivity index (χ3v) is 4.45. The van der Waals surface area contributed by atoms with Gasteiger partial charge in [-0.2, -0.15) is 0 Å². The van der Waals surface area contributed by atoms with E-state index >= 15 is 0 Å². The molecule has 5 nitrogen and oxygen atoms in total. The van der Waals surface area contributed by atoms with Crippen molar-refractivity contribution in [3.05, 3.63) is 0 Å². The highest BCUT2D eigenvalue weighted by Crippen LogP contribution is 2.13. The Balaban J connectivity index is 0. The molecule has 5 N–H and O–H groups in total. The van der Waals surface area contributed by atoms with Gasteiger partial charge in [-0.3, -0.25) is 4.79 Å². The predicted molar refractivity (Wildman–Crippen MR) is 109 cm³/mol. The Morgan fingerprint density at radius 2 is 1.00 bits per heavy atom. The highest BCUT2D eigenvalue weighted by Gasteiger charge is 1.96. The maximum Gasteiger partial charge on any atom is 0.217 e. The van der Waals surface area contributed by atoms with Gasteiger partial charge in [-0.05, 0) is 6.42 Å². The average molecular weight is 376 g/mol. The first-order chi connectivity index (χ1) is 12.6. The third kappa shape index (κ3) is 28.2. The molecule has 0 spiro atoms. The molecule has 0 bridgehead atoms. The van der Waals surface area contributed by atoms with Crippen molar-refractivity contribution in [2.75, 3.05) is 13.2 Å². The minimum absolute atomic E-state index is 0.153. The van der Waals surface area contributed by atoms with E-state index in [-0.39, 0.29) is 19.1 Å². The van der Waals surface area contributed by atoms with Crippen molar-refractivity contribution in [3.63, 3.8) is 0 Å². The van der Waals surface area contributed by atoms with Gasteiger partial charge in [0.05, 0.1) is 13.2 Å². The van der Waals surface area contributed by atoms with Gasteiger partial charge in [0.1, 0.15) is 6.10 Å². The van der Waals surface area contributed by atoms with Crippen molar-refractivity contribution < 1.29 is 20.1 Å². The lowest BCUT2D eigenvalue weighted by Gasteiger charge is -2.03. The lowest BCUT2D eigenvalue weighted by atomic mass is 10.0. The van der Waals surface area contributed by atoms with E-state index in [9.17, 15) is 4.79 Å². The summed E-state index contributed by atoms with van der Waals surface area (Å²) in [7, 11) is 0. The molecule has 1 amide bonds. The zero-order chi connectivity index (χ0) is 19.9. The molecule has 0 aliphatic heterocycles. The van der Waals surface area contributed by atoms with Gasteiger partial charge in [0.25, 0.3) is 0 Å². The fourth-order valence-corrected chi connectivity index (χ4v) is 2.73. The number of nitrogens with two attached hydrogens (primary N) is 1. The number of hydrogen-bond donors (Lipinski definition) is 4. The Morgan fingerprint density at radius 1 is 0.692 bits per heavy atom. The van der Waals surface area contributed by atoms with E-state index in [4.69, 9.17) is 21.1 Å². The van der Waals surface area contributed by atoms with Crippen LogP contribution in [0.25, 0.3) is 0 Å². The van der Waals surface area contributed by atoms with Crippen LogP contribution in [0, 0.1) is 0 Å². The standard InChI is InChI=1S/C18H37NO.C3H8O3/c1-2-3-4-5-6-7-8-9-10-11-12-13-14-15-16-17-18(19)20;4-1-3(6)2-5/h2-17H2,1H3,(H2,19,20);3-6H,1-2H2. The molecule has 0 aliphatic carbocycles.